The number of methoxy groups -OCH3 is 1. The minimum atomic E-state index is -3.60. The molecule has 0 aliphatic carbocycles. The van der Waals surface area contributed by atoms with E-state index in [1.165, 1.54) is 7.11 Å². The summed E-state index contributed by atoms with van der Waals surface area (Å²) in [5, 5.41) is 0. The molecule has 0 heterocycles. The van der Waals surface area contributed by atoms with Gasteiger partial charge in [-0.1, -0.05) is 4.89 Å². The zero-order valence-electron chi connectivity index (χ0n) is 8.96. The van der Waals surface area contributed by atoms with Gasteiger partial charge in [0, 0.05) is 12.6 Å². The molecule has 0 saturated heterocycles. The van der Waals surface area contributed by atoms with E-state index in [1.54, 1.807) is 20.8 Å². The summed E-state index contributed by atoms with van der Waals surface area (Å²) in [6, 6.07) is 0. The van der Waals surface area contributed by atoms with Crippen LogP contribution in [0.5, 0.6) is 0 Å². The summed E-state index contributed by atoms with van der Waals surface area (Å²) < 4.78 is 29.5. The SMILES string of the molecule is COCCONS(=O)(=O)NC(C)(C)C. The molecule has 0 amide bonds. The van der Waals surface area contributed by atoms with Crippen LogP contribution in [0.1, 0.15) is 20.8 Å². The van der Waals surface area contributed by atoms with E-state index in [1.807, 2.05) is 4.89 Å². The van der Waals surface area contributed by atoms with Crippen LogP contribution in [0.2, 0.25) is 0 Å². The first-order valence-electron chi connectivity index (χ1n) is 4.18. The lowest BCUT2D eigenvalue weighted by molar-refractivity contribution is 0.0429. The standard InChI is InChI=1S/C7H18N2O4S/c1-7(2,3)8-14(10,11)9-13-6-5-12-4/h8-9H,5-6H2,1-4H3. The summed E-state index contributed by atoms with van der Waals surface area (Å²) in [7, 11) is -2.09. The summed E-state index contributed by atoms with van der Waals surface area (Å²) in [6.45, 7) is 5.71. The molecule has 0 atom stereocenters. The lowest BCUT2D eigenvalue weighted by atomic mass is 10.1. The Kier molecular flexibility index (Phi) is 5.53. The lowest BCUT2D eigenvalue weighted by Crippen LogP contribution is -2.47. The van der Waals surface area contributed by atoms with Crippen molar-refractivity contribution in [3.63, 3.8) is 0 Å². The van der Waals surface area contributed by atoms with Gasteiger partial charge in [0.15, 0.2) is 0 Å². The van der Waals surface area contributed by atoms with Gasteiger partial charge in [0.2, 0.25) is 0 Å². The van der Waals surface area contributed by atoms with Crippen molar-refractivity contribution in [1.29, 1.82) is 0 Å². The molecule has 14 heavy (non-hydrogen) atoms. The molecular formula is C7H18N2O4S. The predicted octanol–water partition coefficient (Wildman–Crippen LogP) is -0.213. The van der Waals surface area contributed by atoms with E-state index in [0.717, 1.165) is 0 Å². The minimum absolute atomic E-state index is 0.168. The largest absolute Gasteiger partial charge is 0.382 e. The number of hydrogen-bond acceptors (Lipinski definition) is 4. The van der Waals surface area contributed by atoms with Gasteiger partial charge in [-0.15, -0.1) is 0 Å². The van der Waals surface area contributed by atoms with Gasteiger partial charge < -0.3 is 4.74 Å². The van der Waals surface area contributed by atoms with Crippen LogP contribution in [0.3, 0.4) is 0 Å². The third-order valence-electron chi connectivity index (χ3n) is 0.999. The molecule has 0 aromatic carbocycles. The summed E-state index contributed by atoms with van der Waals surface area (Å²) >= 11 is 0. The molecule has 0 saturated carbocycles. The number of rotatable bonds is 6. The van der Waals surface area contributed by atoms with Crippen molar-refractivity contribution in [3.8, 4) is 0 Å². The second-order valence-corrected chi connectivity index (χ2v) is 5.16. The van der Waals surface area contributed by atoms with Crippen LogP contribution in [0.25, 0.3) is 0 Å². The van der Waals surface area contributed by atoms with Crippen LogP contribution in [-0.4, -0.2) is 34.3 Å². The normalized spacial score (nSPS) is 13.1. The molecule has 0 fully saturated rings. The highest BCUT2D eigenvalue weighted by Crippen LogP contribution is 2.00. The highest BCUT2D eigenvalue weighted by atomic mass is 32.2. The van der Waals surface area contributed by atoms with E-state index in [2.05, 4.69) is 14.3 Å². The number of nitrogens with one attached hydrogen (secondary N) is 2. The fourth-order valence-electron chi connectivity index (χ4n) is 0.668. The second-order valence-electron chi connectivity index (χ2n) is 3.78. The third-order valence-corrected chi connectivity index (χ3v) is 2.22. The molecule has 0 aromatic rings. The van der Waals surface area contributed by atoms with Gasteiger partial charge in [-0.2, -0.15) is 13.1 Å². The van der Waals surface area contributed by atoms with Gasteiger partial charge in [0.1, 0.15) is 0 Å². The second kappa shape index (κ2) is 5.62. The fraction of sp³-hybridized carbons (Fsp3) is 1.00. The average Bonchev–Trinajstić information content (AvgIpc) is 1.93. The number of hydrogen-bond donors (Lipinski definition) is 2. The predicted molar refractivity (Wildman–Crippen MR) is 52.8 cm³/mol. The summed E-state index contributed by atoms with van der Waals surface area (Å²) in [5.41, 5.74) is -0.531. The Morgan fingerprint density at radius 1 is 1.21 bits per heavy atom. The van der Waals surface area contributed by atoms with Crippen LogP contribution in [0.4, 0.5) is 0 Å². The van der Waals surface area contributed by atoms with Crippen molar-refractivity contribution in [2.45, 2.75) is 26.3 Å². The summed E-state index contributed by atoms with van der Waals surface area (Å²) in [6.07, 6.45) is 0. The van der Waals surface area contributed by atoms with Gasteiger partial charge in [-0.3, -0.25) is 4.84 Å². The average molecular weight is 226 g/mol. The Hall–Kier alpha value is -0.210. The molecule has 2 N–H and O–H groups in total. The molecule has 7 heteroatoms. The van der Waals surface area contributed by atoms with Crippen molar-refractivity contribution in [2.24, 2.45) is 0 Å². The molecule has 0 rings (SSSR count). The topological polar surface area (TPSA) is 76.7 Å². The summed E-state index contributed by atoms with van der Waals surface area (Å²) in [5.74, 6) is 0. The van der Waals surface area contributed by atoms with E-state index < -0.39 is 15.7 Å². The maximum Gasteiger partial charge on any atom is 0.299 e. The molecule has 6 nitrogen and oxygen atoms in total. The fourth-order valence-corrected chi connectivity index (χ4v) is 1.75. The molecule has 0 aliphatic rings. The van der Waals surface area contributed by atoms with Gasteiger partial charge in [-0.25, -0.2) is 0 Å². The van der Waals surface area contributed by atoms with Crippen molar-refractivity contribution in [3.05, 3.63) is 0 Å². The monoisotopic (exact) mass is 226 g/mol. The van der Waals surface area contributed by atoms with E-state index in [0.29, 0.717) is 6.61 Å². The molecular weight excluding hydrogens is 208 g/mol. The van der Waals surface area contributed by atoms with E-state index in [9.17, 15) is 8.42 Å². The Morgan fingerprint density at radius 3 is 2.21 bits per heavy atom. The zero-order chi connectivity index (χ0) is 11.2. The number of ether oxygens (including phenoxy) is 1. The van der Waals surface area contributed by atoms with E-state index >= 15 is 0 Å². The Balaban J connectivity index is 3.86. The van der Waals surface area contributed by atoms with Crippen LogP contribution < -0.4 is 9.61 Å². The Bertz CT molecular complexity index is 245. The van der Waals surface area contributed by atoms with Crippen LogP contribution in [0, 0.1) is 0 Å². The smallest absolute Gasteiger partial charge is 0.299 e. The molecule has 0 bridgehead atoms. The first-order valence-corrected chi connectivity index (χ1v) is 5.66. The molecule has 0 radical (unpaired) electrons. The van der Waals surface area contributed by atoms with E-state index in [4.69, 9.17) is 0 Å². The van der Waals surface area contributed by atoms with Crippen LogP contribution in [-0.2, 0) is 19.8 Å². The highest BCUT2D eigenvalue weighted by molar-refractivity contribution is 7.87. The molecule has 0 aliphatic heterocycles. The first-order chi connectivity index (χ1) is 6.27. The van der Waals surface area contributed by atoms with Crippen LogP contribution in [0.15, 0.2) is 0 Å². The molecule has 86 valence electrons. The van der Waals surface area contributed by atoms with Gasteiger partial charge in [0.25, 0.3) is 10.2 Å². The lowest BCUT2D eigenvalue weighted by Gasteiger charge is -2.20. The zero-order valence-corrected chi connectivity index (χ0v) is 9.77. The first kappa shape index (κ1) is 13.8. The Labute approximate surface area is 85.1 Å². The van der Waals surface area contributed by atoms with E-state index in [-0.39, 0.29) is 6.61 Å². The van der Waals surface area contributed by atoms with Gasteiger partial charge in [-0.05, 0) is 20.8 Å². The quantitative estimate of drug-likeness (QED) is 0.485. The third kappa shape index (κ3) is 8.39. The maximum absolute atomic E-state index is 11.2. The minimum Gasteiger partial charge on any atom is -0.382 e. The van der Waals surface area contributed by atoms with Gasteiger partial charge >= 0.3 is 0 Å². The Morgan fingerprint density at radius 2 is 1.79 bits per heavy atom. The van der Waals surface area contributed by atoms with Crippen molar-refractivity contribution in [2.75, 3.05) is 20.3 Å². The summed E-state index contributed by atoms with van der Waals surface area (Å²) in [4.78, 5) is 6.59. The van der Waals surface area contributed by atoms with Gasteiger partial charge in [0.05, 0.1) is 13.2 Å². The molecule has 0 aromatic heterocycles. The maximum atomic E-state index is 11.2. The molecule has 0 spiro atoms. The van der Waals surface area contributed by atoms with Crippen molar-refractivity contribution < 1.29 is 18.0 Å². The molecule has 0 unspecified atom stereocenters. The van der Waals surface area contributed by atoms with Crippen molar-refractivity contribution >= 4 is 10.2 Å². The van der Waals surface area contributed by atoms with Crippen molar-refractivity contribution in [1.82, 2.24) is 9.61 Å². The van der Waals surface area contributed by atoms with Crippen LogP contribution >= 0.6 is 0 Å². The highest BCUT2D eigenvalue weighted by Gasteiger charge is 2.19.